The smallest absolute Gasteiger partial charge is 0.305 e. The van der Waals surface area contributed by atoms with Crippen LogP contribution in [0.4, 0.5) is 0 Å². The van der Waals surface area contributed by atoms with Gasteiger partial charge in [-0.2, -0.15) is 0 Å². The summed E-state index contributed by atoms with van der Waals surface area (Å²) < 4.78 is 4.55. The van der Waals surface area contributed by atoms with Crippen LogP contribution in [-0.2, 0) is 9.53 Å². The summed E-state index contributed by atoms with van der Waals surface area (Å²) in [5.41, 5.74) is 0. The van der Waals surface area contributed by atoms with Crippen molar-refractivity contribution < 1.29 is 14.6 Å². The molecule has 3 nitrogen and oxygen atoms in total. The molecule has 0 atom stereocenters. The second-order valence-electron chi connectivity index (χ2n) is 3.62. The second kappa shape index (κ2) is 11.1. The molecule has 0 aromatic heterocycles. The molecule has 0 aromatic rings. The van der Waals surface area contributed by atoms with E-state index >= 15 is 0 Å². The molecule has 15 heavy (non-hydrogen) atoms. The van der Waals surface area contributed by atoms with Gasteiger partial charge in [0, 0.05) is 6.42 Å². The van der Waals surface area contributed by atoms with E-state index in [9.17, 15) is 4.79 Å². The normalized spacial score (nSPS) is 10.7. The van der Waals surface area contributed by atoms with Gasteiger partial charge in [-0.15, -0.1) is 0 Å². The number of esters is 1. The van der Waals surface area contributed by atoms with Crippen LogP contribution in [0.3, 0.4) is 0 Å². The first-order chi connectivity index (χ1) is 7.31. The Morgan fingerprint density at radius 2 is 1.73 bits per heavy atom. The van der Waals surface area contributed by atoms with E-state index < -0.39 is 0 Å². The maximum atomic E-state index is 10.8. The number of aliphatic hydroxyl groups excluding tert-OH is 1. The Labute approximate surface area is 92.1 Å². The van der Waals surface area contributed by atoms with Crippen LogP contribution in [0, 0.1) is 0 Å². The summed E-state index contributed by atoms with van der Waals surface area (Å²) in [7, 11) is 1.43. The molecule has 0 aliphatic heterocycles. The zero-order valence-electron chi connectivity index (χ0n) is 9.58. The number of methoxy groups -OCH3 is 1. The average molecular weight is 214 g/mol. The zero-order chi connectivity index (χ0) is 11.4. The molecule has 0 saturated heterocycles. The van der Waals surface area contributed by atoms with Crippen LogP contribution in [0.25, 0.3) is 0 Å². The molecule has 0 bridgehead atoms. The lowest BCUT2D eigenvalue weighted by Gasteiger charge is -2.00. The molecule has 0 radical (unpaired) electrons. The monoisotopic (exact) mass is 214 g/mol. The van der Waals surface area contributed by atoms with E-state index in [2.05, 4.69) is 4.74 Å². The molecule has 0 rings (SSSR count). The fraction of sp³-hybridized carbons (Fsp3) is 0.750. The molecular formula is C12H22O3. The van der Waals surface area contributed by atoms with Crippen molar-refractivity contribution in [2.75, 3.05) is 7.11 Å². The molecule has 88 valence electrons. The van der Waals surface area contributed by atoms with Gasteiger partial charge in [-0.3, -0.25) is 4.79 Å². The third-order valence-electron chi connectivity index (χ3n) is 2.33. The van der Waals surface area contributed by atoms with Crippen LogP contribution in [0.5, 0.6) is 0 Å². The minimum Gasteiger partial charge on any atom is -0.516 e. The fourth-order valence-electron chi connectivity index (χ4n) is 1.42. The van der Waals surface area contributed by atoms with Gasteiger partial charge in [-0.1, -0.05) is 31.8 Å². The third-order valence-corrected chi connectivity index (χ3v) is 2.33. The van der Waals surface area contributed by atoms with Gasteiger partial charge in [0.15, 0.2) is 0 Å². The average Bonchev–Trinajstić information content (AvgIpc) is 2.26. The van der Waals surface area contributed by atoms with Crippen molar-refractivity contribution in [1.29, 1.82) is 0 Å². The predicted octanol–water partition coefficient (Wildman–Crippen LogP) is 3.35. The predicted molar refractivity (Wildman–Crippen MR) is 60.7 cm³/mol. The maximum Gasteiger partial charge on any atom is 0.305 e. The number of unbranched alkanes of at least 4 members (excludes halogenated alkanes) is 6. The fourth-order valence-corrected chi connectivity index (χ4v) is 1.42. The van der Waals surface area contributed by atoms with Crippen molar-refractivity contribution in [3.8, 4) is 0 Å². The first-order valence-electron chi connectivity index (χ1n) is 5.67. The number of carbonyl (C=O) groups is 1. The third kappa shape index (κ3) is 10.9. The molecule has 0 aromatic carbocycles. The number of ether oxygens (including phenoxy) is 1. The quantitative estimate of drug-likeness (QED) is 0.364. The van der Waals surface area contributed by atoms with Crippen molar-refractivity contribution in [3.05, 3.63) is 12.3 Å². The number of hydrogen-bond donors (Lipinski definition) is 1. The van der Waals surface area contributed by atoms with Crippen LogP contribution in [-0.4, -0.2) is 18.2 Å². The molecular weight excluding hydrogens is 192 g/mol. The highest BCUT2D eigenvalue weighted by atomic mass is 16.5. The largest absolute Gasteiger partial charge is 0.516 e. The lowest BCUT2D eigenvalue weighted by molar-refractivity contribution is -0.140. The number of allylic oxidation sites excluding steroid dienone is 1. The van der Waals surface area contributed by atoms with Crippen LogP contribution in [0.1, 0.15) is 51.4 Å². The Balaban J connectivity index is 3.02. The van der Waals surface area contributed by atoms with Gasteiger partial charge >= 0.3 is 5.97 Å². The summed E-state index contributed by atoms with van der Waals surface area (Å²) >= 11 is 0. The first-order valence-corrected chi connectivity index (χ1v) is 5.67. The van der Waals surface area contributed by atoms with Crippen LogP contribution >= 0.6 is 0 Å². The Bertz CT molecular complexity index is 176. The molecule has 0 heterocycles. The maximum absolute atomic E-state index is 10.8. The van der Waals surface area contributed by atoms with Gasteiger partial charge in [-0.05, 0) is 19.3 Å². The summed E-state index contributed by atoms with van der Waals surface area (Å²) in [6, 6.07) is 0. The van der Waals surface area contributed by atoms with Crippen molar-refractivity contribution in [2.45, 2.75) is 51.4 Å². The summed E-state index contributed by atoms with van der Waals surface area (Å²) in [4.78, 5) is 10.8. The van der Waals surface area contributed by atoms with Crippen molar-refractivity contribution in [3.63, 3.8) is 0 Å². The lowest BCUT2D eigenvalue weighted by Crippen LogP contribution is -1.99. The van der Waals surface area contributed by atoms with Gasteiger partial charge in [-0.25, -0.2) is 0 Å². The van der Waals surface area contributed by atoms with Crippen LogP contribution < -0.4 is 0 Å². The molecule has 0 fully saturated rings. The molecule has 1 N–H and O–H groups in total. The van der Waals surface area contributed by atoms with E-state index in [1.54, 1.807) is 6.08 Å². The van der Waals surface area contributed by atoms with E-state index in [1.165, 1.54) is 26.4 Å². The second-order valence-corrected chi connectivity index (χ2v) is 3.62. The zero-order valence-corrected chi connectivity index (χ0v) is 9.58. The Morgan fingerprint density at radius 1 is 1.13 bits per heavy atom. The number of carbonyl (C=O) groups excluding carboxylic acids is 1. The summed E-state index contributed by atoms with van der Waals surface area (Å²) in [6.45, 7) is 0. The van der Waals surface area contributed by atoms with Gasteiger partial charge in [0.1, 0.15) is 0 Å². The molecule has 3 heteroatoms. The van der Waals surface area contributed by atoms with E-state index in [0.717, 1.165) is 31.9 Å². The highest BCUT2D eigenvalue weighted by Crippen LogP contribution is 2.09. The first kappa shape index (κ1) is 14.0. The van der Waals surface area contributed by atoms with E-state index in [-0.39, 0.29) is 5.97 Å². The van der Waals surface area contributed by atoms with Crippen LogP contribution in [0.15, 0.2) is 12.3 Å². The van der Waals surface area contributed by atoms with E-state index in [4.69, 9.17) is 5.11 Å². The van der Waals surface area contributed by atoms with E-state index in [1.807, 2.05) is 0 Å². The van der Waals surface area contributed by atoms with Gasteiger partial charge in [0.05, 0.1) is 13.4 Å². The van der Waals surface area contributed by atoms with Crippen LogP contribution in [0.2, 0.25) is 0 Å². The minimum atomic E-state index is -0.108. The number of rotatable bonds is 9. The standard InChI is InChI=1S/C12H22O3/c1-15-12(14)10-8-6-4-2-3-5-7-9-11-13/h9,11,13H,2-8,10H2,1H3. The molecule has 0 aliphatic rings. The summed E-state index contributed by atoms with van der Waals surface area (Å²) in [5, 5.41) is 8.39. The SMILES string of the molecule is COC(=O)CCCCCCCCC=CO. The summed E-state index contributed by atoms with van der Waals surface area (Å²) in [5.74, 6) is -0.108. The van der Waals surface area contributed by atoms with Crippen molar-refractivity contribution in [1.82, 2.24) is 0 Å². The Hall–Kier alpha value is -0.990. The number of hydrogen-bond acceptors (Lipinski definition) is 3. The molecule has 0 aliphatic carbocycles. The topological polar surface area (TPSA) is 46.5 Å². The van der Waals surface area contributed by atoms with E-state index in [0.29, 0.717) is 6.42 Å². The highest BCUT2D eigenvalue weighted by molar-refractivity contribution is 5.68. The van der Waals surface area contributed by atoms with Gasteiger partial charge in [0.25, 0.3) is 0 Å². The lowest BCUT2D eigenvalue weighted by atomic mass is 10.1. The molecule has 0 unspecified atom stereocenters. The van der Waals surface area contributed by atoms with Gasteiger partial charge < -0.3 is 9.84 Å². The molecule has 0 amide bonds. The highest BCUT2D eigenvalue weighted by Gasteiger charge is 1.98. The van der Waals surface area contributed by atoms with Gasteiger partial charge in [0.2, 0.25) is 0 Å². The molecule has 0 spiro atoms. The van der Waals surface area contributed by atoms with Crippen molar-refractivity contribution >= 4 is 5.97 Å². The molecule has 0 saturated carbocycles. The Morgan fingerprint density at radius 3 is 2.33 bits per heavy atom. The number of aliphatic hydroxyl groups is 1. The Kier molecular flexibility index (Phi) is 10.4. The van der Waals surface area contributed by atoms with Crippen molar-refractivity contribution in [2.24, 2.45) is 0 Å². The summed E-state index contributed by atoms with van der Waals surface area (Å²) in [6.07, 6.45) is 11.1. The minimum absolute atomic E-state index is 0.108.